The summed E-state index contributed by atoms with van der Waals surface area (Å²) in [6.45, 7) is 12.6. The lowest BCUT2D eigenvalue weighted by atomic mass is 9.87. The number of nitrogens with one attached hydrogen (secondary N) is 1. The number of hydrogen-bond donors (Lipinski definition) is 1. The molecule has 208 valence electrons. The quantitative estimate of drug-likeness (QED) is 0.241. The summed E-state index contributed by atoms with van der Waals surface area (Å²) < 4.78 is 0. The summed E-state index contributed by atoms with van der Waals surface area (Å²) in [6, 6.07) is 22.7. The Hall–Kier alpha value is -4.03. The zero-order valence-corrected chi connectivity index (χ0v) is 25.2. The SMILES string of the molecule is CCN1c2cc(C)c(/C=C3/SC(=Nc4ccccc4)N(CCc4c[nH]c5ccccc45)C3=O)cc2C(C)=CC1(C)C. The molecule has 0 unspecified atom stereocenters. The van der Waals surface area contributed by atoms with E-state index in [2.05, 4.69) is 93.2 Å². The molecule has 0 saturated carbocycles. The Balaban J connectivity index is 1.35. The number of aromatic amines is 1. The summed E-state index contributed by atoms with van der Waals surface area (Å²) in [5.41, 5.74) is 9.10. The fraction of sp³-hybridized carbons (Fsp3) is 0.257. The van der Waals surface area contributed by atoms with Crippen LogP contribution in [0.2, 0.25) is 0 Å². The van der Waals surface area contributed by atoms with Crippen LogP contribution in [0.5, 0.6) is 0 Å². The summed E-state index contributed by atoms with van der Waals surface area (Å²) in [7, 11) is 0. The molecule has 4 aromatic rings. The molecule has 6 rings (SSSR count). The first-order valence-corrected chi connectivity index (χ1v) is 15.1. The number of H-pyrrole nitrogens is 1. The summed E-state index contributed by atoms with van der Waals surface area (Å²) in [4.78, 5) is 27.2. The molecule has 3 heterocycles. The van der Waals surface area contributed by atoms with E-state index in [4.69, 9.17) is 4.99 Å². The summed E-state index contributed by atoms with van der Waals surface area (Å²) in [5.74, 6) is 0.00484. The number of carbonyl (C=O) groups is 1. The van der Waals surface area contributed by atoms with Crippen LogP contribution in [0.15, 0.2) is 88.9 Å². The van der Waals surface area contributed by atoms with E-state index in [9.17, 15) is 4.79 Å². The van der Waals surface area contributed by atoms with E-state index >= 15 is 0 Å². The lowest BCUT2D eigenvalue weighted by molar-refractivity contribution is -0.122. The van der Waals surface area contributed by atoms with Crippen molar-refractivity contribution in [2.75, 3.05) is 18.0 Å². The van der Waals surface area contributed by atoms with E-state index in [-0.39, 0.29) is 11.4 Å². The number of anilines is 1. The number of rotatable bonds is 6. The molecule has 41 heavy (non-hydrogen) atoms. The molecule has 2 aliphatic heterocycles. The average molecular weight is 561 g/mol. The van der Waals surface area contributed by atoms with Crippen molar-refractivity contribution in [2.45, 2.75) is 46.6 Å². The van der Waals surface area contributed by atoms with Crippen molar-refractivity contribution in [3.05, 3.63) is 106 Å². The van der Waals surface area contributed by atoms with Crippen molar-refractivity contribution in [1.82, 2.24) is 9.88 Å². The number of benzene rings is 3. The van der Waals surface area contributed by atoms with E-state index in [1.54, 1.807) is 0 Å². The molecule has 5 nitrogen and oxygen atoms in total. The number of hydrogen-bond acceptors (Lipinski definition) is 4. The van der Waals surface area contributed by atoms with Crippen LogP contribution in [0, 0.1) is 6.92 Å². The van der Waals surface area contributed by atoms with Gasteiger partial charge in [-0.25, -0.2) is 4.99 Å². The number of thioether (sulfide) groups is 1. The number of aromatic nitrogens is 1. The normalized spacial score (nSPS) is 18.5. The largest absolute Gasteiger partial charge is 0.363 e. The van der Waals surface area contributed by atoms with Crippen molar-refractivity contribution < 1.29 is 4.79 Å². The Morgan fingerprint density at radius 1 is 1.02 bits per heavy atom. The van der Waals surface area contributed by atoms with Crippen LogP contribution in [0.25, 0.3) is 22.6 Å². The lowest BCUT2D eigenvalue weighted by Gasteiger charge is -2.43. The minimum Gasteiger partial charge on any atom is -0.363 e. The van der Waals surface area contributed by atoms with Gasteiger partial charge in [0.05, 0.1) is 16.1 Å². The lowest BCUT2D eigenvalue weighted by Crippen LogP contribution is -2.44. The second kappa shape index (κ2) is 10.7. The second-order valence-corrected chi connectivity index (χ2v) is 12.4. The molecule has 0 aliphatic carbocycles. The van der Waals surface area contributed by atoms with Gasteiger partial charge < -0.3 is 9.88 Å². The van der Waals surface area contributed by atoms with Crippen LogP contribution in [0.3, 0.4) is 0 Å². The van der Waals surface area contributed by atoms with Crippen LogP contribution >= 0.6 is 11.8 Å². The number of carbonyl (C=O) groups excluding carboxylic acids is 1. The third kappa shape index (κ3) is 5.13. The van der Waals surface area contributed by atoms with E-state index in [0.717, 1.165) is 40.5 Å². The Labute approximate surface area is 246 Å². The van der Waals surface area contributed by atoms with E-state index in [0.29, 0.717) is 11.4 Å². The Morgan fingerprint density at radius 3 is 2.56 bits per heavy atom. The van der Waals surface area contributed by atoms with Crippen molar-refractivity contribution >= 4 is 56.8 Å². The highest BCUT2D eigenvalue weighted by molar-refractivity contribution is 8.18. The molecule has 1 amide bonds. The van der Waals surface area contributed by atoms with Crippen molar-refractivity contribution in [1.29, 1.82) is 0 Å². The molecule has 2 aliphatic rings. The van der Waals surface area contributed by atoms with Gasteiger partial charge in [0.25, 0.3) is 5.91 Å². The van der Waals surface area contributed by atoms with E-state index in [1.807, 2.05) is 41.3 Å². The molecule has 0 spiro atoms. The van der Waals surface area contributed by atoms with Gasteiger partial charge in [-0.1, -0.05) is 42.5 Å². The molecule has 0 atom stereocenters. The molecular weight excluding hydrogens is 524 g/mol. The maximum Gasteiger partial charge on any atom is 0.266 e. The third-order valence-electron chi connectivity index (χ3n) is 8.12. The maximum atomic E-state index is 13.9. The predicted molar refractivity (Wildman–Crippen MR) is 175 cm³/mol. The second-order valence-electron chi connectivity index (χ2n) is 11.4. The molecule has 3 aromatic carbocycles. The fourth-order valence-corrected chi connectivity index (χ4v) is 7.11. The number of allylic oxidation sites excluding steroid dienone is 1. The van der Waals surface area contributed by atoms with Gasteiger partial charge in [-0.3, -0.25) is 9.69 Å². The number of fused-ring (bicyclic) bond motifs is 2. The minimum atomic E-state index is -0.0381. The highest BCUT2D eigenvalue weighted by atomic mass is 32.2. The average Bonchev–Trinajstić information content (AvgIpc) is 3.49. The number of amides is 1. The summed E-state index contributed by atoms with van der Waals surface area (Å²) >= 11 is 1.46. The van der Waals surface area contributed by atoms with Crippen LogP contribution in [-0.4, -0.2) is 39.6 Å². The van der Waals surface area contributed by atoms with Gasteiger partial charge in [-0.05, 0) is 111 Å². The first-order chi connectivity index (χ1) is 19.7. The smallest absolute Gasteiger partial charge is 0.266 e. The Bertz CT molecular complexity index is 1730. The molecule has 0 radical (unpaired) electrons. The van der Waals surface area contributed by atoms with Gasteiger partial charge in [0.1, 0.15) is 0 Å². The molecular formula is C35H36N4OS. The number of aliphatic imine (C=N–C) groups is 1. The summed E-state index contributed by atoms with van der Waals surface area (Å²) in [6.07, 6.45) is 7.19. The van der Waals surface area contributed by atoms with Crippen LogP contribution in [0.4, 0.5) is 11.4 Å². The first kappa shape index (κ1) is 27.2. The Morgan fingerprint density at radius 2 is 1.78 bits per heavy atom. The Kier molecular flexibility index (Phi) is 7.12. The molecule has 1 N–H and O–H groups in total. The van der Waals surface area contributed by atoms with E-state index < -0.39 is 0 Å². The van der Waals surface area contributed by atoms with Crippen LogP contribution in [0.1, 0.15) is 49.9 Å². The highest BCUT2D eigenvalue weighted by Crippen LogP contribution is 2.41. The number of likely N-dealkylation sites (N-methyl/N-ethyl adjacent to an activating group) is 1. The van der Waals surface area contributed by atoms with Gasteiger partial charge in [-0.15, -0.1) is 0 Å². The van der Waals surface area contributed by atoms with Gasteiger partial charge in [0.2, 0.25) is 0 Å². The highest BCUT2D eigenvalue weighted by Gasteiger charge is 2.34. The van der Waals surface area contributed by atoms with Gasteiger partial charge >= 0.3 is 0 Å². The summed E-state index contributed by atoms with van der Waals surface area (Å²) in [5, 5.41) is 1.92. The van der Waals surface area contributed by atoms with Gasteiger partial charge in [0.15, 0.2) is 5.17 Å². The molecule has 1 fully saturated rings. The number of nitrogens with zero attached hydrogens (tertiary/aromatic N) is 3. The minimum absolute atomic E-state index is 0.00484. The predicted octanol–water partition coefficient (Wildman–Crippen LogP) is 8.34. The number of aryl methyl sites for hydroxylation is 1. The maximum absolute atomic E-state index is 13.9. The van der Waals surface area contributed by atoms with Gasteiger partial charge in [0, 0.05) is 41.4 Å². The molecule has 1 saturated heterocycles. The van der Waals surface area contributed by atoms with Crippen molar-refractivity contribution in [3.8, 4) is 0 Å². The molecule has 6 heteroatoms. The molecule has 0 bridgehead atoms. The first-order valence-electron chi connectivity index (χ1n) is 14.3. The van der Waals surface area contributed by atoms with Gasteiger partial charge in [-0.2, -0.15) is 0 Å². The number of para-hydroxylation sites is 2. The fourth-order valence-electron chi connectivity index (χ4n) is 6.09. The monoisotopic (exact) mass is 560 g/mol. The zero-order valence-electron chi connectivity index (χ0n) is 24.4. The third-order valence-corrected chi connectivity index (χ3v) is 9.12. The molecule has 1 aromatic heterocycles. The zero-order chi connectivity index (χ0) is 28.7. The number of amidine groups is 1. The standard InChI is InChI=1S/C35H36N4OS/c1-6-39-31-18-23(2)26(19-29(31)24(3)21-35(39,4)5)20-32-33(40)38(34(41-32)37-27-12-8-7-9-13-27)17-16-25-22-36-30-15-11-10-14-28(25)30/h7-15,18-22,36H,6,16-17H2,1-5H3/b32-20+,37-34?. The topological polar surface area (TPSA) is 51.7 Å². The van der Waals surface area contributed by atoms with Crippen LogP contribution < -0.4 is 4.90 Å². The van der Waals surface area contributed by atoms with Crippen LogP contribution in [-0.2, 0) is 11.2 Å². The van der Waals surface area contributed by atoms with Crippen molar-refractivity contribution in [3.63, 3.8) is 0 Å². The van der Waals surface area contributed by atoms with E-state index in [1.165, 1.54) is 39.5 Å². The van der Waals surface area contributed by atoms with Crippen molar-refractivity contribution in [2.24, 2.45) is 4.99 Å².